The van der Waals surface area contributed by atoms with Crippen LogP contribution in [0.4, 0.5) is 0 Å². The molecule has 258 valence electrons. The lowest BCUT2D eigenvalue weighted by atomic mass is 9.66. The highest BCUT2D eigenvalue weighted by Crippen LogP contribution is 2.60. The molecule has 2 saturated carbocycles. The molecule has 0 saturated heterocycles. The van der Waals surface area contributed by atoms with Crippen molar-refractivity contribution in [2.24, 2.45) is 16.7 Å². The number of aryl methyl sites for hydroxylation is 1. The molecule has 6 atom stereocenters. The quantitative estimate of drug-likeness (QED) is 0.255. The lowest BCUT2D eigenvalue weighted by Gasteiger charge is -2.44. The van der Waals surface area contributed by atoms with Gasteiger partial charge in [-0.15, -0.1) is 0 Å². The van der Waals surface area contributed by atoms with E-state index in [0.717, 1.165) is 72.4 Å². The van der Waals surface area contributed by atoms with Crippen LogP contribution in [0.25, 0.3) is 16.3 Å². The van der Waals surface area contributed by atoms with E-state index in [4.69, 9.17) is 58.0 Å². The van der Waals surface area contributed by atoms with Crippen molar-refractivity contribution in [1.82, 2.24) is 0 Å². The molecule has 0 amide bonds. The molecule has 0 unspecified atom stereocenters. The lowest BCUT2D eigenvalue weighted by molar-refractivity contribution is 0.159. The van der Waals surface area contributed by atoms with Gasteiger partial charge in [0.2, 0.25) is 0 Å². The van der Waals surface area contributed by atoms with Gasteiger partial charge in [0.05, 0.1) is 30.3 Å². The molecule has 0 heterocycles. The molecular weight excluding hydrogens is 718 g/mol. The molecular formula is C40H47Cl5O2Si. The second-order valence-electron chi connectivity index (χ2n) is 16.6. The fourth-order valence-electron chi connectivity index (χ4n) is 9.47. The van der Waals surface area contributed by atoms with Gasteiger partial charge in [-0.25, -0.2) is 0 Å². The van der Waals surface area contributed by atoms with Crippen LogP contribution in [-0.4, -0.2) is 30.5 Å². The summed E-state index contributed by atoms with van der Waals surface area (Å²) in [5, 5.41) is 27.5. The van der Waals surface area contributed by atoms with Gasteiger partial charge < -0.3 is 10.2 Å². The Morgan fingerprint density at radius 3 is 1.94 bits per heavy atom. The maximum atomic E-state index is 10.3. The second kappa shape index (κ2) is 12.9. The van der Waals surface area contributed by atoms with E-state index in [-0.39, 0.29) is 23.0 Å². The van der Waals surface area contributed by atoms with Crippen molar-refractivity contribution in [3.63, 3.8) is 0 Å². The SMILES string of the molecule is C=C1C(c2cc(Cl)c(C)c(Cl)c2)=C([Si](C)(C)C)C[C@@]2(C)C[C@@H](O)C[C@H]12.Cc1c(Cl)cc2c3c(cc(Cl)c2c1Cl)[C@H]1C[C@H](O)C[C@]1(C)CC3. The van der Waals surface area contributed by atoms with Crippen LogP contribution in [0.15, 0.2) is 41.6 Å². The topological polar surface area (TPSA) is 40.5 Å². The number of allylic oxidation sites excluding steroid dienone is 3. The zero-order valence-electron chi connectivity index (χ0n) is 29.1. The van der Waals surface area contributed by atoms with Gasteiger partial charge in [-0.2, -0.15) is 0 Å². The third-order valence-corrected chi connectivity index (χ3v) is 16.4. The molecule has 0 radical (unpaired) electrons. The summed E-state index contributed by atoms with van der Waals surface area (Å²) in [5.41, 5.74) is 8.19. The molecule has 48 heavy (non-hydrogen) atoms. The van der Waals surface area contributed by atoms with Gasteiger partial charge in [-0.1, -0.05) is 103 Å². The van der Waals surface area contributed by atoms with Crippen LogP contribution in [0.3, 0.4) is 0 Å². The van der Waals surface area contributed by atoms with Gasteiger partial charge in [-0.05, 0) is 150 Å². The highest BCUT2D eigenvalue weighted by molar-refractivity contribution is 6.84. The number of hydrogen-bond acceptors (Lipinski definition) is 2. The van der Waals surface area contributed by atoms with Crippen molar-refractivity contribution in [3.05, 3.63) is 94.5 Å². The summed E-state index contributed by atoms with van der Waals surface area (Å²) in [6.45, 7) is 20.2. The molecule has 7 rings (SSSR count). The van der Waals surface area contributed by atoms with Crippen molar-refractivity contribution in [1.29, 1.82) is 0 Å². The monoisotopic (exact) mass is 762 g/mol. The summed E-state index contributed by atoms with van der Waals surface area (Å²) in [4.78, 5) is 0. The molecule has 0 aliphatic heterocycles. The van der Waals surface area contributed by atoms with Crippen LogP contribution < -0.4 is 0 Å². The van der Waals surface area contributed by atoms with Crippen molar-refractivity contribution >= 4 is 82.4 Å². The maximum Gasteiger partial charge on any atom is 0.0732 e. The summed E-state index contributed by atoms with van der Waals surface area (Å²) in [6, 6.07) is 8.17. The van der Waals surface area contributed by atoms with Crippen LogP contribution >= 0.6 is 58.0 Å². The number of benzene rings is 3. The Hall–Kier alpha value is -1.01. The Balaban J connectivity index is 0.000000168. The third-order valence-electron chi connectivity index (χ3n) is 12.2. The van der Waals surface area contributed by atoms with Gasteiger partial charge in [0.1, 0.15) is 0 Å². The fraction of sp³-hybridized carbons (Fsp3) is 0.500. The summed E-state index contributed by atoms with van der Waals surface area (Å²) >= 11 is 32.4. The number of fused-ring (bicyclic) bond motifs is 6. The first-order chi connectivity index (χ1) is 22.3. The van der Waals surface area contributed by atoms with Crippen molar-refractivity contribution in [3.8, 4) is 0 Å². The molecule has 2 fully saturated rings. The maximum absolute atomic E-state index is 10.3. The summed E-state index contributed by atoms with van der Waals surface area (Å²) in [5.74, 6) is 0.693. The first-order valence-electron chi connectivity index (χ1n) is 17.1. The van der Waals surface area contributed by atoms with E-state index >= 15 is 0 Å². The van der Waals surface area contributed by atoms with Crippen LogP contribution in [0.1, 0.15) is 86.1 Å². The minimum Gasteiger partial charge on any atom is -0.393 e. The highest BCUT2D eigenvalue weighted by Gasteiger charge is 2.50. The normalized spacial score (nSPS) is 29.8. The molecule has 0 spiro atoms. The number of aliphatic hydroxyl groups excluding tert-OH is 2. The molecule has 4 aliphatic carbocycles. The van der Waals surface area contributed by atoms with E-state index in [9.17, 15) is 10.2 Å². The third kappa shape index (κ3) is 6.25. The zero-order valence-corrected chi connectivity index (χ0v) is 33.8. The molecule has 0 bridgehead atoms. The molecule has 8 heteroatoms. The molecule has 3 aromatic rings. The second-order valence-corrected chi connectivity index (χ2v) is 23.7. The Bertz CT molecular complexity index is 1850. The Kier molecular flexibility index (Phi) is 9.87. The van der Waals surface area contributed by atoms with Crippen molar-refractivity contribution < 1.29 is 10.2 Å². The van der Waals surface area contributed by atoms with E-state index < -0.39 is 8.07 Å². The van der Waals surface area contributed by atoms with Crippen LogP contribution in [-0.2, 0) is 6.42 Å². The predicted octanol–water partition coefficient (Wildman–Crippen LogP) is 13.0. The average Bonchev–Trinajstić information content (AvgIpc) is 3.47. The van der Waals surface area contributed by atoms with Crippen molar-refractivity contribution in [2.75, 3.05) is 0 Å². The first kappa shape index (κ1) is 36.8. The minimum absolute atomic E-state index is 0.119. The average molecular weight is 765 g/mol. The van der Waals surface area contributed by atoms with E-state index in [1.54, 1.807) is 0 Å². The fourth-order valence-corrected chi connectivity index (χ4v) is 12.9. The number of rotatable bonds is 2. The minimum atomic E-state index is -1.57. The molecule has 2 N–H and O–H groups in total. The van der Waals surface area contributed by atoms with E-state index in [1.165, 1.54) is 27.5 Å². The molecule has 2 nitrogen and oxygen atoms in total. The predicted molar refractivity (Wildman–Crippen MR) is 210 cm³/mol. The van der Waals surface area contributed by atoms with Crippen LogP contribution in [0, 0.1) is 30.6 Å². The highest BCUT2D eigenvalue weighted by atomic mass is 35.5. The van der Waals surface area contributed by atoms with Gasteiger partial charge in [0.25, 0.3) is 0 Å². The van der Waals surface area contributed by atoms with Crippen LogP contribution in [0.5, 0.6) is 0 Å². The molecule has 0 aromatic heterocycles. The summed E-state index contributed by atoms with van der Waals surface area (Å²) < 4.78 is 0. The molecule has 3 aromatic carbocycles. The summed E-state index contributed by atoms with van der Waals surface area (Å²) in [6.07, 6.45) is 6.05. The van der Waals surface area contributed by atoms with Crippen molar-refractivity contribution in [2.45, 2.75) is 110 Å². The standard InChI is InChI=1S/C21H28Cl2OSi.C19H19Cl3O/c1-12-16-9-15(24)10-21(16,3)11-19(25(4,5)6)20(12)14-7-17(22)13(2)18(23)8-14;1-9-15(20)7-13-11-3-4-19(2)8-10(23)5-14(19)12(11)6-16(21)17(13)18(9)22/h7-8,15-16,24H,1,9-11H2,2-6H3;6-7,10,14,23H,3-5,8H2,1-2H3/t15-,16+,21+;10-,14+,19-/m00/s1. The number of halogens is 5. The van der Waals surface area contributed by atoms with Gasteiger partial charge in [-0.3, -0.25) is 0 Å². The summed E-state index contributed by atoms with van der Waals surface area (Å²) in [7, 11) is -1.57. The van der Waals surface area contributed by atoms with Gasteiger partial charge >= 0.3 is 0 Å². The Morgan fingerprint density at radius 1 is 0.771 bits per heavy atom. The molecule has 4 aliphatic rings. The largest absolute Gasteiger partial charge is 0.393 e. The Morgan fingerprint density at radius 2 is 1.33 bits per heavy atom. The zero-order chi connectivity index (χ0) is 35.2. The van der Waals surface area contributed by atoms with E-state index in [0.29, 0.717) is 36.9 Å². The number of aliphatic hydroxyl groups is 2. The smallest absolute Gasteiger partial charge is 0.0732 e. The van der Waals surface area contributed by atoms with Gasteiger partial charge in [0.15, 0.2) is 0 Å². The lowest BCUT2D eigenvalue weighted by Crippen LogP contribution is -2.37. The van der Waals surface area contributed by atoms with Gasteiger partial charge in [0, 0.05) is 20.5 Å². The number of hydrogen-bond donors (Lipinski definition) is 2. The van der Waals surface area contributed by atoms with Crippen LogP contribution in [0.2, 0.25) is 44.8 Å². The Labute approximate surface area is 312 Å². The van der Waals surface area contributed by atoms with E-state index in [1.807, 2.05) is 32.0 Å². The van der Waals surface area contributed by atoms with E-state index in [2.05, 4.69) is 46.1 Å². The first-order valence-corrected chi connectivity index (χ1v) is 22.5.